The average Bonchev–Trinajstić information content (AvgIpc) is 2.55. The highest BCUT2D eigenvalue weighted by Crippen LogP contribution is 2.22. The van der Waals surface area contributed by atoms with Crippen molar-refractivity contribution in [1.29, 1.82) is 0 Å². The number of ketones is 1. The molecule has 0 radical (unpaired) electrons. The van der Waals surface area contributed by atoms with Gasteiger partial charge in [0, 0.05) is 38.0 Å². The standard InChI is InChI=1S/C20H28N2O4/c1-14(23)21-17-7-5-15(6-8-17)13-18(24)16-9-11-22(12-10-16)19(25)26-20(2,3)4/h5-8,16H,9-13H2,1-4H3,(H,21,23). The zero-order valence-corrected chi connectivity index (χ0v) is 16.0. The molecule has 0 aliphatic carbocycles. The van der Waals surface area contributed by atoms with E-state index in [-0.39, 0.29) is 23.7 Å². The molecule has 1 N–H and O–H groups in total. The SMILES string of the molecule is CC(=O)Nc1ccc(CC(=O)C2CCN(C(=O)OC(C)(C)C)CC2)cc1. The molecular formula is C20H28N2O4. The summed E-state index contributed by atoms with van der Waals surface area (Å²) in [7, 11) is 0. The van der Waals surface area contributed by atoms with Crippen LogP contribution in [0.15, 0.2) is 24.3 Å². The van der Waals surface area contributed by atoms with Crippen molar-refractivity contribution in [3.05, 3.63) is 29.8 Å². The lowest BCUT2D eigenvalue weighted by Crippen LogP contribution is -2.43. The van der Waals surface area contributed by atoms with E-state index in [1.54, 1.807) is 17.0 Å². The fraction of sp³-hybridized carbons (Fsp3) is 0.550. The van der Waals surface area contributed by atoms with Crippen LogP contribution in [0.5, 0.6) is 0 Å². The average molecular weight is 360 g/mol. The molecule has 2 rings (SSSR count). The predicted octanol–water partition coefficient (Wildman–Crippen LogP) is 3.40. The lowest BCUT2D eigenvalue weighted by atomic mass is 9.89. The van der Waals surface area contributed by atoms with E-state index in [0.29, 0.717) is 32.4 Å². The topological polar surface area (TPSA) is 75.7 Å². The van der Waals surface area contributed by atoms with Gasteiger partial charge in [0.1, 0.15) is 11.4 Å². The third-order valence-electron chi connectivity index (χ3n) is 4.25. The van der Waals surface area contributed by atoms with E-state index in [1.165, 1.54) is 6.92 Å². The Balaban J connectivity index is 1.83. The first-order chi connectivity index (χ1) is 12.1. The number of carbonyl (C=O) groups excluding carboxylic acids is 3. The molecule has 1 aliphatic heterocycles. The molecule has 1 heterocycles. The van der Waals surface area contributed by atoms with Crippen molar-refractivity contribution < 1.29 is 19.1 Å². The summed E-state index contributed by atoms with van der Waals surface area (Å²) < 4.78 is 5.38. The molecular weight excluding hydrogens is 332 g/mol. The van der Waals surface area contributed by atoms with Crippen LogP contribution in [0, 0.1) is 5.92 Å². The van der Waals surface area contributed by atoms with Crippen molar-refractivity contribution in [1.82, 2.24) is 4.90 Å². The van der Waals surface area contributed by atoms with Crippen LogP contribution in [0.25, 0.3) is 0 Å². The summed E-state index contributed by atoms with van der Waals surface area (Å²) in [5.74, 6) is 0.0513. The second kappa shape index (κ2) is 8.34. The number of benzene rings is 1. The van der Waals surface area contributed by atoms with Gasteiger partial charge in [-0.3, -0.25) is 9.59 Å². The van der Waals surface area contributed by atoms with Crippen molar-refractivity contribution in [2.24, 2.45) is 5.92 Å². The molecule has 0 bridgehead atoms. The molecule has 1 aromatic carbocycles. The third kappa shape index (κ3) is 6.17. The summed E-state index contributed by atoms with van der Waals surface area (Å²) >= 11 is 0. The number of piperidine rings is 1. The molecule has 6 heteroatoms. The molecule has 1 fully saturated rings. The second-order valence-electron chi connectivity index (χ2n) is 7.76. The minimum Gasteiger partial charge on any atom is -0.444 e. The maximum atomic E-state index is 12.5. The number of hydrogen-bond donors (Lipinski definition) is 1. The fourth-order valence-corrected chi connectivity index (χ4v) is 2.97. The van der Waals surface area contributed by atoms with Crippen LogP contribution in [0.4, 0.5) is 10.5 Å². The van der Waals surface area contributed by atoms with Crippen molar-refractivity contribution in [3.8, 4) is 0 Å². The first kappa shape index (κ1) is 19.9. The van der Waals surface area contributed by atoms with Gasteiger partial charge in [-0.2, -0.15) is 0 Å². The number of amides is 2. The Bertz CT molecular complexity index is 653. The highest BCUT2D eigenvalue weighted by molar-refractivity contribution is 5.89. The molecule has 1 saturated heterocycles. The van der Waals surface area contributed by atoms with E-state index in [0.717, 1.165) is 11.3 Å². The van der Waals surface area contributed by atoms with E-state index >= 15 is 0 Å². The van der Waals surface area contributed by atoms with Crippen LogP contribution in [-0.2, 0) is 20.7 Å². The van der Waals surface area contributed by atoms with Crippen LogP contribution in [0.3, 0.4) is 0 Å². The lowest BCUT2D eigenvalue weighted by Gasteiger charge is -2.33. The third-order valence-corrected chi connectivity index (χ3v) is 4.25. The van der Waals surface area contributed by atoms with Gasteiger partial charge in [-0.15, -0.1) is 0 Å². The second-order valence-corrected chi connectivity index (χ2v) is 7.76. The summed E-state index contributed by atoms with van der Waals surface area (Å²) in [6, 6.07) is 7.32. The minimum atomic E-state index is -0.507. The lowest BCUT2D eigenvalue weighted by molar-refractivity contribution is -0.123. The zero-order valence-electron chi connectivity index (χ0n) is 16.0. The van der Waals surface area contributed by atoms with Crippen molar-refractivity contribution in [2.75, 3.05) is 18.4 Å². The molecule has 26 heavy (non-hydrogen) atoms. The molecule has 0 spiro atoms. The number of anilines is 1. The van der Waals surface area contributed by atoms with E-state index in [1.807, 2.05) is 32.9 Å². The molecule has 0 saturated carbocycles. The number of Topliss-reactive ketones (excluding diaryl/α,β-unsaturated/α-hetero) is 1. The number of likely N-dealkylation sites (tertiary alicyclic amines) is 1. The Kier molecular flexibility index (Phi) is 6.40. The molecule has 1 aromatic rings. The van der Waals surface area contributed by atoms with Gasteiger partial charge in [-0.25, -0.2) is 4.79 Å². The van der Waals surface area contributed by atoms with Crippen LogP contribution in [-0.4, -0.2) is 41.4 Å². The van der Waals surface area contributed by atoms with Gasteiger partial charge in [0.05, 0.1) is 0 Å². The smallest absolute Gasteiger partial charge is 0.410 e. The van der Waals surface area contributed by atoms with Gasteiger partial charge >= 0.3 is 6.09 Å². The van der Waals surface area contributed by atoms with E-state index in [9.17, 15) is 14.4 Å². The van der Waals surface area contributed by atoms with E-state index in [2.05, 4.69) is 5.32 Å². The molecule has 6 nitrogen and oxygen atoms in total. The number of nitrogens with zero attached hydrogens (tertiary/aromatic N) is 1. The number of hydrogen-bond acceptors (Lipinski definition) is 4. The minimum absolute atomic E-state index is 0.0243. The molecule has 2 amide bonds. The van der Waals surface area contributed by atoms with Gasteiger partial charge in [0.2, 0.25) is 5.91 Å². The maximum Gasteiger partial charge on any atom is 0.410 e. The zero-order chi connectivity index (χ0) is 19.3. The fourth-order valence-electron chi connectivity index (χ4n) is 2.97. The van der Waals surface area contributed by atoms with Crippen molar-refractivity contribution >= 4 is 23.5 Å². The Labute approximate surface area is 154 Å². The van der Waals surface area contributed by atoms with Gasteiger partial charge in [0.15, 0.2) is 0 Å². The number of carbonyl (C=O) groups is 3. The monoisotopic (exact) mass is 360 g/mol. The summed E-state index contributed by atoms with van der Waals surface area (Å²) in [6.07, 6.45) is 1.40. The van der Waals surface area contributed by atoms with Crippen LogP contribution < -0.4 is 5.32 Å². The van der Waals surface area contributed by atoms with Crippen molar-refractivity contribution in [3.63, 3.8) is 0 Å². The highest BCUT2D eigenvalue weighted by atomic mass is 16.6. The highest BCUT2D eigenvalue weighted by Gasteiger charge is 2.29. The number of nitrogens with one attached hydrogen (secondary N) is 1. The van der Waals surface area contributed by atoms with Gasteiger partial charge < -0.3 is 15.0 Å². The van der Waals surface area contributed by atoms with Crippen LogP contribution in [0.1, 0.15) is 46.1 Å². The van der Waals surface area contributed by atoms with Crippen LogP contribution in [0.2, 0.25) is 0 Å². The van der Waals surface area contributed by atoms with Gasteiger partial charge in [0.25, 0.3) is 0 Å². The van der Waals surface area contributed by atoms with Gasteiger partial charge in [-0.05, 0) is 51.3 Å². The molecule has 1 aliphatic rings. The van der Waals surface area contributed by atoms with E-state index in [4.69, 9.17) is 4.74 Å². The first-order valence-electron chi connectivity index (χ1n) is 9.01. The van der Waals surface area contributed by atoms with E-state index < -0.39 is 5.60 Å². The Hall–Kier alpha value is -2.37. The summed E-state index contributed by atoms with van der Waals surface area (Å²) in [6.45, 7) is 8.09. The quantitative estimate of drug-likeness (QED) is 0.893. The molecule has 0 aromatic heterocycles. The Morgan fingerprint density at radius 1 is 1.12 bits per heavy atom. The number of ether oxygens (including phenoxy) is 1. The summed E-state index contributed by atoms with van der Waals surface area (Å²) in [4.78, 5) is 37.3. The Morgan fingerprint density at radius 2 is 1.69 bits per heavy atom. The predicted molar refractivity (Wildman–Crippen MR) is 100.0 cm³/mol. The van der Waals surface area contributed by atoms with Crippen molar-refractivity contribution in [2.45, 2.75) is 52.6 Å². The largest absolute Gasteiger partial charge is 0.444 e. The van der Waals surface area contributed by atoms with Crippen LogP contribution >= 0.6 is 0 Å². The molecule has 142 valence electrons. The molecule has 0 unspecified atom stereocenters. The summed E-state index contributed by atoms with van der Waals surface area (Å²) in [5.41, 5.74) is 1.14. The maximum absolute atomic E-state index is 12.5. The summed E-state index contributed by atoms with van der Waals surface area (Å²) in [5, 5.41) is 2.71. The number of rotatable bonds is 4. The Morgan fingerprint density at radius 3 is 2.19 bits per heavy atom. The first-order valence-corrected chi connectivity index (χ1v) is 9.01. The molecule has 0 atom stereocenters. The van der Waals surface area contributed by atoms with Gasteiger partial charge in [-0.1, -0.05) is 12.1 Å². The normalized spacial score (nSPS) is 15.5.